The fraction of sp³-hybridized carbons (Fsp3) is 0.789. The van der Waals surface area contributed by atoms with E-state index in [0.717, 1.165) is 37.9 Å². The highest BCUT2D eigenvalue weighted by molar-refractivity contribution is 8.00. The van der Waals surface area contributed by atoms with Crippen molar-refractivity contribution in [1.82, 2.24) is 16.0 Å². The number of carbonyl (C=O) groups excluding carboxylic acids is 2. The van der Waals surface area contributed by atoms with Crippen LogP contribution in [0.2, 0.25) is 0 Å². The van der Waals surface area contributed by atoms with Gasteiger partial charge in [0.2, 0.25) is 13.3 Å². The predicted molar refractivity (Wildman–Crippen MR) is 113 cm³/mol. The molecule has 0 aromatic rings. The Kier molecular flexibility index (Phi) is 7.51. The van der Waals surface area contributed by atoms with E-state index in [4.69, 9.17) is 0 Å². The molecule has 0 radical (unpaired) electrons. The monoisotopic (exact) mass is 429 g/mol. The van der Waals surface area contributed by atoms with Crippen molar-refractivity contribution in [1.29, 1.82) is 0 Å². The van der Waals surface area contributed by atoms with Gasteiger partial charge in [0.25, 0.3) is 0 Å². The van der Waals surface area contributed by atoms with E-state index in [1.54, 1.807) is 0 Å². The highest BCUT2D eigenvalue weighted by Gasteiger charge is 2.42. The van der Waals surface area contributed by atoms with Gasteiger partial charge in [-0.05, 0) is 32.1 Å². The third-order valence-electron chi connectivity index (χ3n) is 5.80. The van der Waals surface area contributed by atoms with Crippen molar-refractivity contribution in [3.8, 4) is 0 Å². The van der Waals surface area contributed by atoms with Crippen LogP contribution in [-0.4, -0.2) is 52.1 Å². The summed E-state index contributed by atoms with van der Waals surface area (Å²) in [5, 5.41) is 10.0. The van der Waals surface area contributed by atoms with Crippen molar-refractivity contribution in [3.63, 3.8) is 0 Å². The van der Waals surface area contributed by atoms with Crippen LogP contribution in [0.25, 0.3) is 0 Å². The molecule has 2 saturated heterocycles. The minimum atomic E-state index is -3.22. The number of carbonyl (C=O) groups is 2. The number of amides is 3. The number of urea groups is 1. The van der Waals surface area contributed by atoms with Crippen molar-refractivity contribution in [3.05, 3.63) is 11.4 Å². The van der Waals surface area contributed by atoms with E-state index in [9.17, 15) is 19.0 Å². The van der Waals surface area contributed by atoms with Gasteiger partial charge in [-0.25, -0.2) is 4.79 Å². The lowest BCUT2D eigenvalue weighted by atomic mass is 10.0. The Morgan fingerprint density at radius 1 is 1.36 bits per heavy atom. The third-order valence-corrected chi connectivity index (χ3v) is 9.50. The molecule has 158 valence electrons. The number of hydrogen-bond acceptors (Lipinski definition) is 4. The molecular formula is C19H32N3O4PS. The molecule has 0 bridgehead atoms. The van der Waals surface area contributed by atoms with Gasteiger partial charge in [0, 0.05) is 34.9 Å². The molecule has 1 unspecified atom stereocenters. The summed E-state index contributed by atoms with van der Waals surface area (Å²) in [7, 11) is -3.22. The second-order valence-corrected chi connectivity index (χ2v) is 11.7. The van der Waals surface area contributed by atoms with Gasteiger partial charge < -0.3 is 20.8 Å². The number of hydrogen-bond donors (Lipinski definition) is 4. The first-order chi connectivity index (χ1) is 13.4. The van der Waals surface area contributed by atoms with Crippen LogP contribution in [0.1, 0.15) is 58.3 Å². The Labute approximate surface area is 171 Å². The minimum Gasteiger partial charge on any atom is -0.353 e. The highest BCUT2D eigenvalue weighted by Crippen LogP contribution is 2.54. The van der Waals surface area contributed by atoms with Crippen LogP contribution in [0.15, 0.2) is 11.4 Å². The van der Waals surface area contributed by atoms with Crippen LogP contribution in [0.4, 0.5) is 4.79 Å². The molecule has 28 heavy (non-hydrogen) atoms. The molecule has 0 saturated carbocycles. The first-order valence-electron chi connectivity index (χ1n) is 10.4. The zero-order valence-corrected chi connectivity index (χ0v) is 18.2. The predicted octanol–water partition coefficient (Wildman–Crippen LogP) is 2.95. The summed E-state index contributed by atoms with van der Waals surface area (Å²) in [6.45, 7) is 2.01. The van der Waals surface area contributed by atoms with E-state index >= 15 is 0 Å². The van der Waals surface area contributed by atoms with Crippen molar-refractivity contribution in [2.75, 3.05) is 11.9 Å². The van der Waals surface area contributed by atoms with Crippen LogP contribution in [0.3, 0.4) is 0 Å². The number of thioether (sulfide) groups is 1. The molecule has 0 aromatic heterocycles. The Morgan fingerprint density at radius 3 is 2.96 bits per heavy atom. The fourth-order valence-corrected chi connectivity index (χ4v) is 7.65. The molecule has 4 N–H and O–H groups in total. The zero-order chi connectivity index (χ0) is 20.1. The lowest BCUT2D eigenvalue weighted by molar-refractivity contribution is -0.121. The van der Waals surface area contributed by atoms with Gasteiger partial charge in [0.15, 0.2) is 0 Å². The maximum atomic E-state index is 12.4. The minimum absolute atomic E-state index is 0.0220. The van der Waals surface area contributed by atoms with Crippen molar-refractivity contribution >= 4 is 31.1 Å². The summed E-state index contributed by atoms with van der Waals surface area (Å²) in [6.07, 6.45) is 8.25. The second kappa shape index (κ2) is 9.68. The summed E-state index contributed by atoms with van der Waals surface area (Å²) in [5.74, 6) is 0.979. The first-order valence-corrected chi connectivity index (χ1v) is 13.3. The lowest BCUT2D eigenvalue weighted by Crippen LogP contribution is -2.36. The van der Waals surface area contributed by atoms with Gasteiger partial charge in [-0.2, -0.15) is 11.8 Å². The van der Waals surface area contributed by atoms with Crippen molar-refractivity contribution in [2.24, 2.45) is 0 Å². The largest absolute Gasteiger partial charge is 0.353 e. The van der Waals surface area contributed by atoms with E-state index < -0.39 is 7.37 Å². The van der Waals surface area contributed by atoms with E-state index in [0.29, 0.717) is 36.0 Å². The highest BCUT2D eigenvalue weighted by atomic mass is 32.2. The molecule has 3 rings (SSSR count). The third kappa shape index (κ3) is 5.55. The number of rotatable bonds is 10. The van der Waals surface area contributed by atoms with Crippen molar-refractivity contribution in [2.45, 2.75) is 81.7 Å². The average molecular weight is 430 g/mol. The second-order valence-electron chi connectivity index (χ2n) is 8.05. The van der Waals surface area contributed by atoms with Gasteiger partial charge >= 0.3 is 6.03 Å². The summed E-state index contributed by atoms with van der Waals surface area (Å²) >= 11 is 1.89. The number of nitrogens with one attached hydrogen (secondary N) is 3. The number of fused-ring (bicyclic) bond motifs is 1. The summed E-state index contributed by atoms with van der Waals surface area (Å²) in [6, 6.07) is 0.354. The Bertz CT molecular complexity index is 672. The molecule has 1 aliphatic carbocycles. The lowest BCUT2D eigenvalue weighted by Gasteiger charge is -2.17. The first kappa shape index (κ1) is 21.7. The molecule has 0 spiro atoms. The smallest absolute Gasteiger partial charge is 0.315 e. The summed E-state index contributed by atoms with van der Waals surface area (Å²) in [5.41, 5.74) is 0. The van der Waals surface area contributed by atoms with E-state index in [1.807, 2.05) is 24.8 Å². The molecule has 3 aliphatic rings. The standard InChI is InChI=1S/C19H32N3O4PS/c1-2-3-10-27(25,26)14-9-8-13(11-14)20-17(23)7-5-4-6-16-18-15(12-28-16)21-19(24)22-18/h9,13,15-16,18H,2-8,10-12H2,1H3,(H,20,23)(H,25,26)(H2,21,22,24)/t13-,15-,16-,18-/m0/s1. The van der Waals surface area contributed by atoms with Gasteiger partial charge in [0.05, 0.1) is 12.1 Å². The van der Waals surface area contributed by atoms with E-state index in [-0.39, 0.29) is 30.1 Å². The summed E-state index contributed by atoms with van der Waals surface area (Å²) < 4.78 is 12.4. The fourth-order valence-electron chi connectivity index (χ4n) is 4.18. The Hall–Kier alpha value is -0.980. The molecule has 9 heteroatoms. The van der Waals surface area contributed by atoms with Gasteiger partial charge in [-0.15, -0.1) is 0 Å². The van der Waals surface area contributed by atoms with Crippen LogP contribution in [0.5, 0.6) is 0 Å². The zero-order valence-electron chi connectivity index (χ0n) is 16.5. The molecule has 7 nitrogen and oxygen atoms in total. The van der Waals surface area contributed by atoms with Gasteiger partial charge in [-0.1, -0.05) is 25.8 Å². The molecule has 2 aliphatic heterocycles. The molecule has 5 atom stereocenters. The van der Waals surface area contributed by atoms with Crippen molar-refractivity contribution < 1.29 is 19.0 Å². The van der Waals surface area contributed by atoms with Gasteiger partial charge in [0.1, 0.15) is 0 Å². The van der Waals surface area contributed by atoms with E-state index in [2.05, 4.69) is 16.0 Å². The molecular weight excluding hydrogens is 397 g/mol. The summed E-state index contributed by atoms with van der Waals surface area (Å²) in [4.78, 5) is 33.8. The maximum absolute atomic E-state index is 12.4. The molecule has 2 heterocycles. The maximum Gasteiger partial charge on any atom is 0.315 e. The van der Waals surface area contributed by atoms with Crippen LogP contribution < -0.4 is 16.0 Å². The molecule has 3 amide bonds. The van der Waals surface area contributed by atoms with Crippen LogP contribution >= 0.6 is 19.1 Å². The molecule has 2 fully saturated rings. The quantitative estimate of drug-likeness (QED) is 0.243. The van der Waals surface area contributed by atoms with Crippen LogP contribution in [-0.2, 0) is 9.36 Å². The normalized spacial score (nSPS) is 30.9. The number of unbranched alkanes of at least 4 members (excludes halogenated alkanes) is 2. The SMILES string of the molecule is CCCCP(=O)(O)C1=CC[C@H](NC(=O)CCCC[C@@H]2SC[C@@H]3NC(=O)N[C@@H]32)C1. The Balaban J connectivity index is 1.30. The average Bonchev–Trinajstić information content (AvgIpc) is 3.34. The topological polar surface area (TPSA) is 108 Å². The van der Waals surface area contributed by atoms with Crippen LogP contribution in [0, 0.1) is 0 Å². The van der Waals surface area contributed by atoms with E-state index in [1.165, 1.54) is 0 Å². The Morgan fingerprint density at radius 2 is 2.18 bits per heavy atom. The molecule has 0 aromatic carbocycles. The van der Waals surface area contributed by atoms with Gasteiger partial charge in [-0.3, -0.25) is 9.36 Å².